The van der Waals surface area contributed by atoms with Crippen LogP contribution in [0.25, 0.3) is 11.1 Å². The van der Waals surface area contributed by atoms with Crippen molar-refractivity contribution in [3.05, 3.63) is 53.8 Å². The normalized spacial score (nSPS) is 18.7. The molecule has 0 spiro atoms. The summed E-state index contributed by atoms with van der Waals surface area (Å²) in [5.74, 6) is 0.328. The van der Waals surface area contributed by atoms with Gasteiger partial charge in [0.05, 0.1) is 6.61 Å². The van der Waals surface area contributed by atoms with E-state index in [-0.39, 0.29) is 11.2 Å². The van der Waals surface area contributed by atoms with Crippen molar-refractivity contribution in [2.45, 2.75) is 20.0 Å². The number of carbonyl (C=O) groups is 1. The summed E-state index contributed by atoms with van der Waals surface area (Å²) < 4.78 is 24.5. The molecule has 1 aliphatic rings. The van der Waals surface area contributed by atoms with Gasteiger partial charge in [-0.2, -0.15) is 0 Å². The van der Waals surface area contributed by atoms with Crippen molar-refractivity contribution in [2.24, 2.45) is 11.1 Å². The summed E-state index contributed by atoms with van der Waals surface area (Å²) in [5, 5.41) is 0. The van der Waals surface area contributed by atoms with Crippen LogP contribution in [-0.4, -0.2) is 12.7 Å². The summed E-state index contributed by atoms with van der Waals surface area (Å²) in [6.07, 6.45) is -1.30. The van der Waals surface area contributed by atoms with Gasteiger partial charge < -0.3 is 15.2 Å². The number of ether oxygens (including phenoxy) is 2. The van der Waals surface area contributed by atoms with Crippen LogP contribution in [0.5, 0.6) is 5.75 Å². The molecule has 0 aliphatic carbocycles. The molecule has 2 aromatic rings. The molecule has 120 valence electrons. The first-order chi connectivity index (χ1) is 10.9. The minimum Gasteiger partial charge on any atom is -0.492 e. The lowest BCUT2D eigenvalue weighted by Gasteiger charge is -2.38. The molecule has 1 unspecified atom stereocenters. The fourth-order valence-electron chi connectivity index (χ4n) is 2.82. The van der Waals surface area contributed by atoms with Crippen LogP contribution in [0.3, 0.4) is 0 Å². The molecule has 1 aliphatic heterocycles. The Bertz CT molecular complexity index is 758. The predicted octanol–water partition coefficient (Wildman–Crippen LogP) is 4.05. The summed E-state index contributed by atoms with van der Waals surface area (Å²) in [4.78, 5) is 11.2. The predicted molar refractivity (Wildman–Crippen MR) is 84.5 cm³/mol. The van der Waals surface area contributed by atoms with Crippen LogP contribution < -0.4 is 10.5 Å². The topological polar surface area (TPSA) is 61.6 Å². The number of primary amides is 1. The van der Waals surface area contributed by atoms with Gasteiger partial charge in [0, 0.05) is 11.0 Å². The van der Waals surface area contributed by atoms with E-state index < -0.39 is 12.2 Å². The first-order valence-corrected chi connectivity index (χ1v) is 7.35. The van der Waals surface area contributed by atoms with Crippen molar-refractivity contribution in [3.63, 3.8) is 0 Å². The van der Waals surface area contributed by atoms with Gasteiger partial charge in [0.1, 0.15) is 17.7 Å². The second-order valence-electron chi connectivity index (χ2n) is 6.36. The van der Waals surface area contributed by atoms with Gasteiger partial charge in [0.15, 0.2) is 0 Å². The first-order valence-electron chi connectivity index (χ1n) is 7.35. The number of hydrogen-bond acceptors (Lipinski definition) is 3. The fourth-order valence-corrected chi connectivity index (χ4v) is 2.82. The molecule has 0 saturated heterocycles. The van der Waals surface area contributed by atoms with Crippen molar-refractivity contribution in [1.29, 1.82) is 0 Å². The van der Waals surface area contributed by atoms with Gasteiger partial charge in [-0.15, -0.1) is 0 Å². The lowest BCUT2D eigenvalue weighted by molar-refractivity contribution is -0.0176. The van der Waals surface area contributed by atoms with Crippen LogP contribution >= 0.6 is 0 Å². The molecule has 2 aromatic carbocycles. The molecule has 23 heavy (non-hydrogen) atoms. The minimum atomic E-state index is -0.815. The van der Waals surface area contributed by atoms with E-state index in [1.165, 1.54) is 12.1 Å². The second-order valence-corrected chi connectivity index (χ2v) is 6.36. The van der Waals surface area contributed by atoms with Crippen LogP contribution in [0.2, 0.25) is 0 Å². The molecule has 0 bridgehead atoms. The van der Waals surface area contributed by atoms with Gasteiger partial charge in [-0.3, -0.25) is 0 Å². The van der Waals surface area contributed by atoms with Crippen LogP contribution in [-0.2, 0) is 4.74 Å². The van der Waals surface area contributed by atoms with Gasteiger partial charge in [-0.05, 0) is 29.3 Å². The third-order valence-corrected chi connectivity index (χ3v) is 4.00. The Morgan fingerprint density at radius 2 is 2.00 bits per heavy atom. The Morgan fingerprint density at radius 3 is 2.70 bits per heavy atom. The smallest absolute Gasteiger partial charge is 0.405 e. The average molecular weight is 315 g/mol. The van der Waals surface area contributed by atoms with E-state index in [0.29, 0.717) is 12.4 Å². The van der Waals surface area contributed by atoms with Crippen LogP contribution in [0.4, 0.5) is 9.18 Å². The monoisotopic (exact) mass is 315 g/mol. The fraction of sp³-hybridized carbons (Fsp3) is 0.278. The number of halogens is 1. The third-order valence-electron chi connectivity index (χ3n) is 4.00. The molecule has 1 amide bonds. The molecule has 0 radical (unpaired) electrons. The zero-order chi connectivity index (χ0) is 16.6. The number of fused-ring (bicyclic) bond motifs is 1. The van der Waals surface area contributed by atoms with Crippen molar-refractivity contribution >= 4 is 6.09 Å². The Labute approximate surface area is 134 Å². The summed E-state index contributed by atoms with van der Waals surface area (Å²) >= 11 is 0. The zero-order valence-corrected chi connectivity index (χ0v) is 13.0. The number of hydrogen-bond donors (Lipinski definition) is 1. The highest BCUT2D eigenvalue weighted by molar-refractivity contribution is 5.68. The Hall–Kier alpha value is -2.56. The first kappa shape index (κ1) is 15.3. The summed E-state index contributed by atoms with van der Waals surface area (Å²) in [6.45, 7) is 4.29. The molecule has 3 rings (SSSR count). The molecular weight excluding hydrogens is 297 g/mol. The van der Waals surface area contributed by atoms with Gasteiger partial charge >= 0.3 is 6.09 Å². The van der Waals surface area contributed by atoms with E-state index in [0.717, 1.165) is 16.7 Å². The van der Waals surface area contributed by atoms with Crippen molar-refractivity contribution < 1.29 is 18.7 Å². The molecule has 2 N–H and O–H groups in total. The highest BCUT2D eigenvalue weighted by Crippen LogP contribution is 2.46. The van der Waals surface area contributed by atoms with E-state index in [9.17, 15) is 9.18 Å². The van der Waals surface area contributed by atoms with Crippen molar-refractivity contribution in [3.8, 4) is 16.9 Å². The quantitative estimate of drug-likeness (QED) is 0.909. The standard InChI is InChI=1S/C18H18FNO3/c1-18(2)10-22-15-9-12(11-4-3-5-13(19)8-11)6-7-14(15)16(18)23-17(20)21/h3-9,16H,10H2,1-2H3,(H2,20,21). The van der Waals surface area contributed by atoms with Gasteiger partial charge in [-0.1, -0.05) is 38.1 Å². The lowest BCUT2D eigenvalue weighted by Crippen LogP contribution is -2.37. The molecule has 4 nitrogen and oxygen atoms in total. The molecule has 5 heteroatoms. The second kappa shape index (κ2) is 5.57. The van der Waals surface area contributed by atoms with Crippen molar-refractivity contribution in [1.82, 2.24) is 0 Å². The van der Waals surface area contributed by atoms with Crippen LogP contribution in [0.1, 0.15) is 25.5 Å². The van der Waals surface area contributed by atoms with Gasteiger partial charge in [-0.25, -0.2) is 9.18 Å². The largest absolute Gasteiger partial charge is 0.492 e. The summed E-state index contributed by atoms with van der Waals surface area (Å²) in [6, 6.07) is 11.9. The van der Waals surface area contributed by atoms with Gasteiger partial charge in [0.2, 0.25) is 0 Å². The molecule has 0 fully saturated rings. The van der Waals surface area contributed by atoms with E-state index >= 15 is 0 Å². The summed E-state index contributed by atoms with van der Waals surface area (Å²) in [7, 11) is 0. The van der Waals surface area contributed by atoms with E-state index in [4.69, 9.17) is 15.2 Å². The zero-order valence-electron chi connectivity index (χ0n) is 13.0. The van der Waals surface area contributed by atoms with Crippen molar-refractivity contribution in [2.75, 3.05) is 6.61 Å². The lowest BCUT2D eigenvalue weighted by atomic mass is 9.80. The maximum Gasteiger partial charge on any atom is 0.405 e. The average Bonchev–Trinajstić information content (AvgIpc) is 2.49. The molecule has 1 atom stereocenters. The molecular formula is C18H18FNO3. The maximum absolute atomic E-state index is 13.4. The number of benzene rings is 2. The third kappa shape index (κ3) is 2.99. The van der Waals surface area contributed by atoms with Gasteiger partial charge in [0.25, 0.3) is 0 Å². The van der Waals surface area contributed by atoms with E-state index in [2.05, 4.69) is 0 Å². The summed E-state index contributed by atoms with van der Waals surface area (Å²) in [5.41, 5.74) is 7.17. The molecule has 0 saturated carbocycles. The Morgan fingerprint density at radius 1 is 1.26 bits per heavy atom. The SMILES string of the molecule is CC1(C)COc2cc(-c3cccc(F)c3)ccc2C1OC(N)=O. The van der Waals surface area contributed by atoms with Crippen LogP contribution in [0, 0.1) is 11.2 Å². The van der Waals surface area contributed by atoms with E-state index in [1.54, 1.807) is 6.07 Å². The minimum absolute atomic E-state index is 0.294. The Balaban J connectivity index is 2.02. The van der Waals surface area contributed by atoms with Crippen LogP contribution in [0.15, 0.2) is 42.5 Å². The Kier molecular flexibility index (Phi) is 3.72. The number of amides is 1. The number of nitrogens with two attached hydrogens (primary N) is 1. The molecule has 1 heterocycles. The number of rotatable bonds is 2. The highest BCUT2D eigenvalue weighted by atomic mass is 19.1. The highest BCUT2D eigenvalue weighted by Gasteiger charge is 2.40. The molecule has 0 aromatic heterocycles. The maximum atomic E-state index is 13.4. The number of carbonyl (C=O) groups excluding carboxylic acids is 1. The van der Waals surface area contributed by atoms with E-state index in [1.807, 2.05) is 38.1 Å².